The average Bonchev–Trinajstić information content (AvgIpc) is 2.70. The first kappa shape index (κ1) is 22.0. The Kier molecular flexibility index (Phi) is 6.91. The van der Waals surface area contributed by atoms with Gasteiger partial charge in [-0.15, -0.1) is 0 Å². The van der Waals surface area contributed by atoms with E-state index in [9.17, 15) is 13.2 Å². The summed E-state index contributed by atoms with van der Waals surface area (Å²) in [6.45, 7) is 7.11. The number of hydrogen-bond acceptors (Lipinski definition) is 7. The van der Waals surface area contributed by atoms with Crippen LogP contribution in [0.4, 0.5) is 5.82 Å². The second-order valence-electron chi connectivity index (χ2n) is 7.48. The van der Waals surface area contributed by atoms with E-state index in [1.54, 1.807) is 12.1 Å². The quantitative estimate of drug-likeness (QED) is 0.618. The lowest BCUT2D eigenvalue weighted by atomic mass is 10.2. The van der Waals surface area contributed by atoms with Gasteiger partial charge in [0, 0.05) is 50.6 Å². The van der Waals surface area contributed by atoms with Crippen LogP contribution in [0, 0.1) is 13.8 Å². The van der Waals surface area contributed by atoms with Crippen LogP contribution in [0.1, 0.15) is 24.4 Å². The van der Waals surface area contributed by atoms with Crippen molar-refractivity contribution in [2.24, 2.45) is 0 Å². The van der Waals surface area contributed by atoms with Gasteiger partial charge in [-0.3, -0.25) is 4.79 Å². The molecule has 1 aliphatic rings. The lowest BCUT2D eigenvalue weighted by molar-refractivity contribution is -0.131. The van der Waals surface area contributed by atoms with E-state index in [0.29, 0.717) is 38.3 Å². The number of hydrogen-bond donors (Lipinski definition) is 0. The molecule has 0 radical (unpaired) electrons. The summed E-state index contributed by atoms with van der Waals surface area (Å²) in [5.74, 6) is 2.40. The van der Waals surface area contributed by atoms with E-state index < -0.39 is 9.84 Å². The predicted octanol–water partition coefficient (Wildman–Crippen LogP) is 2.00. The van der Waals surface area contributed by atoms with Gasteiger partial charge in [0.2, 0.25) is 5.91 Å². The third kappa shape index (κ3) is 5.91. The highest BCUT2D eigenvalue weighted by Crippen LogP contribution is 2.17. The molecule has 0 unspecified atom stereocenters. The van der Waals surface area contributed by atoms with Gasteiger partial charge in [-0.1, -0.05) is 0 Å². The van der Waals surface area contributed by atoms with Gasteiger partial charge in [-0.25, -0.2) is 18.4 Å². The molecule has 0 N–H and O–H groups in total. The van der Waals surface area contributed by atoms with Crippen LogP contribution in [0.3, 0.4) is 0 Å². The van der Waals surface area contributed by atoms with Crippen LogP contribution in [0.5, 0.6) is 5.75 Å². The Bertz CT molecular complexity index is 964. The van der Waals surface area contributed by atoms with Gasteiger partial charge in [-0.2, -0.15) is 0 Å². The van der Waals surface area contributed by atoms with Crippen molar-refractivity contribution in [1.82, 2.24) is 14.9 Å². The van der Waals surface area contributed by atoms with Crippen LogP contribution < -0.4 is 9.64 Å². The number of nitrogens with zero attached hydrogens (tertiary/aromatic N) is 4. The lowest BCUT2D eigenvalue weighted by Crippen LogP contribution is -2.49. The molecule has 2 heterocycles. The van der Waals surface area contributed by atoms with Gasteiger partial charge in [0.05, 0.1) is 11.5 Å². The number of sulfone groups is 1. The minimum atomic E-state index is -3.21. The molecule has 1 aromatic heterocycles. The summed E-state index contributed by atoms with van der Waals surface area (Å²) in [4.78, 5) is 25.6. The number of carbonyl (C=O) groups excluding carboxylic acids is 1. The highest BCUT2D eigenvalue weighted by Gasteiger charge is 2.22. The van der Waals surface area contributed by atoms with Gasteiger partial charge < -0.3 is 14.5 Å². The summed E-state index contributed by atoms with van der Waals surface area (Å²) >= 11 is 0. The smallest absolute Gasteiger partial charge is 0.222 e. The predicted molar refractivity (Wildman–Crippen MR) is 115 cm³/mol. The number of amides is 1. The van der Waals surface area contributed by atoms with Gasteiger partial charge in [-0.05, 0) is 44.5 Å². The molecule has 1 aromatic carbocycles. The second-order valence-corrected chi connectivity index (χ2v) is 9.49. The zero-order valence-electron chi connectivity index (χ0n) is 17.7. The molecule has 0 saturated carbocycles. The topological polar surface area (TPSA) is 92.7 Å². The number of piperazine rings is 1. The van der Waals surface area contributed by atoms with Crippen LogP contribution in [0.15, 0.2) is 35.2 Å². The molecule has 0 aliphatic carbocycles. The summed E-state index contributed by atoms with van der Waals surface area (Å²) < 4.78 is 28.6. The minimum Gasteiger partial charge on any atom is -0.494 e. The van der Waals surface area contributed by atoms with E-state index in [4.69, 9.17) is 4.74 Å². The Morgan fingerprint density at radius 1 is 1.07 bits per heavy atom. The van der Waals surface area contributed by atoms with E-state index in [0.717, 1.165) is 30.4 Å². The van der Waals surface area contributed by atoms with E-state index in [-0.39, 0.29) is 10.8 Å². The Labute approximate surface area is 177 Å². The van der Waals surface area contributed by atoms with Crippen molar-refractivity contribution in [3.63, 3.8) is 0 Å². The second kappa shape index (κ2) is 9.42. The number of benzene rings is 1. The molecule has 1 fully saturated rings. The van der Waals surface area contributed by atoms with Crippen molar-refractivity contribution in [3.05, 3.63) is 41.9 Å². The molecule has 8 nitrogen and oxygen atoms in total. The largest absolute Gasteiger partial charge is 0.494 e. The number of carbonyl (C=O) groups is 1. The number of rotatable bonds is 7. The molecule has 1 aliphatic heterocycles. The van der Waals surface area contributed by atoms with E-state index in [1.807, 2.05) is 24.8 Å². The van der Waals surface area contributed by atoms with E-state index in [1.165, 1.54) is 18.4 Å². The minimum absolute atomic E-state index is 0.126. The highest BCUT2D eigenvalue weighted by atomic mass is 32.2. The fourth-order valence-corrected chi connectivity index (χ4v) is 4.03. The highest BCUT2D eigenvalue weighted by molar-refractivity contribution is 7.90. The molecule has 0 atom stereocenters. The van der Waals surface area contributed by atoms with Crippen LogP contribution in [-0.2, 0) is 14.6 Å². The van der Waals surface area contributed by atoms with Crippen molar-refractivity contribution in [2.75, 3.05) is 43.9 Å². The zero-order chi connectivity index (χ0) is 21.7. The molecular weight excluding hydrogens is 404 g/mol. The molecule has 162 valence electrons. The van der Waals surface area contributed by atoms with Crippen LogP contribution >= 0.6 is 0 Å². The molecule has 1 amide bonds. The molecule has 30 heavy (non-hydrogen) atoms. The monoisotopic (exact) mass is 432 g/mol. The number of aryl methyl sites for hydroxylation is 2. The van der Waals surface area contributed by atoms with E-state index >= 15 is 0 Å². The number of ether oxygens (including phenoxy) is 1. The molecule has 0 bridgehead atoms. The Balaban J connectivity index is 1.40. The van der Waals surface area contributed by atoms with Crippen LogP contribution in [0.25, 0.3) is 0 Å². The van der Waals surface area contributed by atoms with Crippen molar-refractivity contribution < 1.29 is 17.9 Å². The van der Waals surface area contributed by atoms with Gasteiger partial charge in [0.1, 0.15) is 17.4 Å². The summed E-state index contributed by atoms with van der Waals surface area (Å²) in [7, 11) is -3.21. The van der Waals surface area contributed by atoms with Gasteiger partial charge in [0.15, 0.2) is 9.84 Å². The van der Waals surface area contributed by atoms with Crippen molar-refractivity contribution in [2.45, 2.75) is 31.6 Å². The fourth-order valence-electron chi connectivity index (χ4n) is 3.40. The molecule has 1 saturated heterocycles. The Morgan fingerprint density at radius 2 is 1.73 bits per heavy atom. The van der Waals surface area contributed by atoms with E-state index in [2.05, 4.69) is 14.9 Å². The maximum Gasteiger partial charge on any atom is 0.222 e. The Hall–Kier alpha value is -2.68. The third-order valence-electron chi connectivity index (χ3n) is 4.96. The van der Waals surface area contributed by atoms with Crippen molar-refractivity contribution in [3.8, 4) is 5.75 Å². The maximum atomic E-state index is 12.5. The van der Waals surface area contributed by atoms with Crippen molar-refractivity contribution in [1.29, 1.82) is 0 Å². The summed E-state index contributed by atoms with van der Waals surface area (Å²) in [6.07, 6.45) is 2.20. The summed E-state index contributed by atoms with van der Waals surface area (Å²) in [5.41, 5.74) is 0.946. The normalized spacial score (nSPS) is 14.6. The first-order valence-corrected chi connectivity index (χ1v) is 11.9. The fraction of sp³-hybridized carbons (Fsp3) is 0.476. The zero-order valence-corrected chi connectivity index (χ0v) is 18.5. The molecular formula is C21H28N4O4S. The van der Waals surface area contributed by atoms with Crippen molar-refractivity contribution >= 4 is 21.6 Å². The standard InChI is InChI=1S/C21H28N4O4S/c1-16-15-20(23-17(2)22-16)24-10-12-25(13-11-24)21(26)5-4-14-29-18-6-8-19(9-7-18)30(3,27)28/h6-9,15H,4-5,10-14H2,1-3H3. The lowest BCUT2D eigenvalue weighted by Gasteiger charge is -2.35. The molecule has 0 spiro atoms. The Morgan fingerprint density at radius 3 is 2.33 bits per heavy atom. The summed E-state index contributed by atoms with van der Waals surface area (Å²) in [5, 5.41) is 0. The summed E-state index contributed by atoms with van der Waals surface area (Å²) in [6, 6.07) is 8.29. The first-order chi connectivity index (χ1) is 14.2. The number of aromatic nitrogens is 2. The maximum absolute atomic E-state index is 12.5. The van der Waals surface area contributed by atoms with Gasteiger partial charge in [0.25, 0.3) is 0 Å². The SMILES string of the molecule is Cc1cc(N2CCN(C(=O)CCCOc3ccc(S(C)(=O)=O)cc3)CC2)nc(C)n1. The molecule has 2 aromatic rings. The van der Waals surface area contributed by atoms with Crippen LogP contribution in [0.2, 0.25) is 0 Å². The first-order valence-electron chi connectivity index (χ1n) is 10.0. The van der Waals surface area contributed by atoms with Crippen LogP contribution in [-0.4, -0.2) is 68.2 Å². The van der Waals surface area contributed by atoms with Gasteiger partial charge >= 0.3 is 0 Å². The number of anilines is 1. The third-order valence-corrected chi connectivity index (χ3v) is 6.09. The molecule has 3 rings (SSSR count). The average molecular weight is 433 g/mol. The molecule has 9 heteroatoms.